The summed E-state index contributed by atoms with van der Waals surface area (Å²) >= 11 is 5.08. The average molecular weight is 407 g/mol. The molecule has 0 bridgehead atoms. The second kappa shape index (κ2) is 8.47. The van der Waals surface area contributed by atoms with Crippen molar-refractivity contribution in [3.8, 4) is 5.75 Å². The molecule has 0 aliphatic heterocycles. The summed E-state index contributed by atoms with van der Waals surface area (Å²) < 4.78 is 30.7. The molecule has 0 spiro atoms. The number of carbonyl (C=O) groups is 1. The quantitative estimate of drug-likeness (QED) is 0.282. The predicted octanol–water partition coefficient (Wildman–Crippen LogP) is 0.994. The predicted molar refractivity (Wildman–Crippen MR) is 105 cm³/mol. The molecule has 0 aliphatic rings. The molecule has 1 amide bonds. The van der Waals surface area contributed by atoms with E-state index in [4.69, 9.17) is 28.1 Å². The summed E-state index contributed by atoms with van der Waals surface area (Å²) in [6.45, 7) is 0. The van der Waals surface area contributed by atoms with Crippen LogP contribution in [0.25, 0.3) is 0 Å². The molecule has 9 nitrogen and oxygen atoms in total. The molecule has 27 heavy (non-hydrogen) atoms. The van der Waals surface area contributed by atoms with E-state index in [-0.39, 0.29) is 10.0 Å². The minimum atomic E-state index is -3.91. The van der Waals surface area contributed by atoms with E-state index >= 15 is 0 Å². The summed E-state index contributed by atoms with van der Waals surface area (Å²) in [6, 6.07) is 12.0. The van der Waals surface area contributed by atoms with Crippen molar-refractivity contribution in [2.75, 3.05) is 12.4 Å². The number of carbonyl (C=O) groups excluding carboxylic acids is 1. The van der Waals surface area contributed by atoms with Gasteiger partial charge in [0.2, 0.25) is 0 Å². The lowest BCUT2D eigenvalue weighted by atomic mass is 10.2. The number of rotatable bonds is 5. The van der Waals surface area contributed by atoms with Gasteiger partial charge in [0.1, 0.15) is 5.75 Å². The van der Waals surface area contributed by atoms with Crippen molar-refractivity contribution in [1.82, 2.24) is 10.0 Å². The summed E-state index contributed by atoms with van der Waals surface area (Å²) in [4.78, 5) is 12.1. The number of hydrogen-bond acceptors (Lipinski definition) is 6. The molecule has 2 aromatic carbocycles. The highest BCUT2D eigenvalue weighted by molar-refractivity contribution is 7.90. The van der Waals surface area contributed by atoms with Crippen LogP contribution in [0, 0.1) is 5.41 Å². The van der Waals surface area contributed by atoms with E-state index < -0.39 is 21.9 Å². The third-order valence-electron chi connectivity index (χ3n) is 3.25. The molecule has 2 rings (SSSR count). The van der Waals surface area contributed by atoms with Crippen LogP contribution < -0.4 is 25.8 Å². The number of ether oxygens (including phenoxy) is 1. The summed E-state index contributed by atoms with van der Waals surface area (Å²) in [5.41, 5.74) is 5.91. The number of nitrogens with one attached hydrogen (secondary N) is 4. The number of benzene rings is 2. The summed E-state index contributed by atoms with van der Waals surface area (Å²) in [6.07, 6.45) is 0. The van der Waals surface area contributed by atoms with Crippen molar-refractivity contribution in [3.05, 3.63) is 54.1 Å². The summed E-state index contributed by atoms with van der Waals surface area (Å²) in [7, 11) is -2.38. The van der Waals surface area contributed by atoms with Gasteiger partial charge in [-0.25, -0.2) is 13.1 Å². The Morgan fingerprint density at radius 3 is 2.22 bits per heavy atom. The lowest BCUT2D eigenvalue weighted by molar-refractivity contribution is 0.0977. The van der Waals surface area contributed by atoms with Crippen molar-refractivity contribution >= 4 is 44.9 Å². The number of anilines is 1. The first-order chi connectivity index (χ1) is 12.7. The molecule has 0 heterocycles. The van der Waals surface area contributed by atoms with E-state index in [9.17, 15) is 13.2 Å². The SMILES string of the molecule is COc1ccc(C(=O)NC(=S)Nc2ccc(S(=O)(=O)NC(=N)N)cc2)cc1. The van der Waals surface area contributed by atoms with Crippen LogP contribution in [-0.2, 0) is 10.0 Å². The van der Waals surface area contributed by atoms with Gasteiger partial charge >= 0.3 is 0 Å². The van der Waals surface area contributed by atoms with Gasteiger partial charge in [0.25, 0.3) is 15.9 Å². The number of thiocarbonyl (C=S) groups is 1. The molecule has 0 atom stereocenters. The van der Waals surface area contributed by atoms with Crippen LogP contribution in [0.5, 0.6) is 5.75 Å². The Labute approximate surface area is 161 Å². The minimum Gasteiger partial charge on any atom is -0.497 e. The monoisotopic (exact) mass is 407 g/mol. The normalized spacial score (nSPS) is 10.6. The van der Waals surface area contributed by atoms with Gasteiger partial charge < -0.3 is 15.8 Å². The van der Waals surface area contributed by atoms with Crippen molar-refractivity contribution in [2.24, 2.45) is 5.73 Å². The zero-order valence-electron chi connectivity index (χ0n) is 14.1. The van der Waals surface area contributed by atoms with Crippen LogP contribution in [0.4, 0.5) is 5.69 Å². The molecule has 0 unspecified atom stereocenters. The molecular formula is C16H17N5O4S2. The Kier molecular flexibility index (Phi) is 6.32. The molecule has 0 aromatic heterocycles. The van der Waals surface area contributed by atoms with Gasteiger partial charge in [0, 0.05) is 11.3 Å². The van der Waals surface area contributed by atoms with Gasteiger partial charge in [-0.05, 0) is 60.7 Å². The van der Waals surface area contributed by atoms with Crippen molar-refractivity contribution < 1.29 is 17.9 Å². The van der Waals surface area contributed by atoms with Gasteiger partial charge in [0.15, 0.2) is 11.1 Å². The summed E-state index contributed by atoms with van der Waals surface area (Å²) in [5.74, 6) is -0.457. The maximum atomic E-state index is 12.1. The Bertz CT molecular complexity index is 957. The first kappa shape index (κ1) is 20.1. The fourth-order valence-corrected chi connectivity index (χ4v) is 3.11. The molecule has 11 heteroatoms. The second-order valence-corrected chi connectivity index (χ2v) is 7.27. The van der Waals surface area contributed by atoms with Gasteiger partial charge in [-0.1, -0.05) is 0 Å². The van der Waals surface area contributed by atoms with E-state index in [1.807, 2.05) is 4.72 Å². The van der Waals surface area contributed by atoms with E-state index in [0.29, 0.717) is 17.0 Å². The van der Waals surface area contributed by atoms with Crippen LogP contribution in [0.15, 0.2) is 53.4 Å². The lowest BCUT2D eigenvalue weighted by Gasteiger charge is -2.11. The van der Waals surface area contributed by atoms with Crippen LogP contribution in [0.1, 0.15) is 10.4 Å². The van der Waals surface area contributed by atoms with Crippen LogP contribution in [0.2, 0.25) is 0 Å². The van der Waals surface area contributed by atoms with Gasteiger partial charge in [-0.15, -0.1) is 0 Å². The zero-order valence-corrected chi connectivity index (χ0v) is 15.8. The van der Waals surface area contributed by atoms with Crippen LogP contribution in [0.3, 0.4) is 0 Å². The van der Waals surface area contributed by atoms with Crippen molar-refractivity contribution in [1.29, 1.82) is 5.41 Å². The highest BCUT2D eigenvalue weighted by atomic mass is 32.2. The smallest absolute Gasteiger partial charge is 0.264 e. The number of methoxy groups -OCH3 is 1. The maximum Gasteiger partial charge on any atom is 0.264 e. The maximum absolute atomic E-state index is 12.1. The second-order valence-electron chi connectivity index (χ2n) is 5.18. The number of amides is 1. The Morgan fingerprint density at radius 2 is 1.70 bits per heavy atom. The van der Waals surface area contributed by atoms with Gasteiger partial charge in [-0.3, -0.25) is 15.5 Å². The fraction of sp³-hybridized carbons (Fsp3) is 0.0625. The molecule has 0 fully saturated rings. The molecular weight excluding hydrogens is 390 g/mol. The molecule has 2 aromatic rings. The average Bonchev–Trinajstić information content (AvgIpc) is 2.61. The molecule has 0 saturated heterocycles. The number of hydrogen-bond donors (Lipinski definition) is 5. The van der Waals surface area contributed by atoms with E-state index in [0.717, 1.165) is 0 Å². The standard InChI is InChI=1S/C16H17N5O4S2/c1-25-12-6-2-10(3-7-12)14(22)20-16(26)19-11-4-8-13(9-5-11)27(23,24)21-15(17)18/h2-9H,1H3,(H4,17,18,21)(H2,19,20,22,26). The fourth-order valence-electron chi connectivity index (χ4n) is 2.00. The third kappa shape index (κ3) is 5.66. The Balaban J connectivity index is 1.99. The van der Waals surface area contributed by atoms with E-state index in [1.165, 1.54) is 31.4 Å². The topological polar surface area (TPSA) is 146 Å². The van der Waals surface area contributed by atoms with Crippen LogP contribution >= 0.6 is 12.2 Å². The Hall–Kier alpha value is -3.18. The van der Waals surface area contributed by atoms with Crippen molar-refractivity contribution in [2.45, 2.75) is 4.90 Å². The van der Waals surface area contributed by atoms with Gasteiger partial charge in [0.05, 0.1) is 12.0 Å². The zero-order chi connectivity index (χ0) is 20.0. The van der Waals surface area contributed by atoms with Gasteiger partial charge in [-0.2, -0.15) is 0 Å². The highest BCUT2D eigenvalue weighted by Crippen LogP contribution is 2.14. The number of nitrogens with two attached hydrogens (primary N) is 1. The number of sulfonamides is 1. The van der Waals surface area contributed by atoms with E-state index in [1.54, 1.807) is 24.3 Å². The Morgan fingerprint density at radius 1 is 1.11 bits per heavy atom. The highest BCUT2D eigenvalue weighted by Gasteiger charge is 2.14. The lowest BCUT2D eigenvalue weighted by Crippen LogP contribution is -2.35. The van der Waals surface area contributed by atoms with E-state index in [2.05, 4.69) is 10.6 Å². The first-order valence-corrected chi connectivity index (χ1v) is 9.34. The van der Waals surface area contributed by atoms with Crippen LogP contribution in [-0.4, -0.2) is 32.5 Å². The minimum absolute atomic E-state index is 0.0493. The third-order valence-corrected chi connectivity index (χ3v) is 4.83. The largest absolute Gasteiger partial charge is 0.497 e. The molecule has 0 saturated carbocycles. The molecule has 0 aliphatic carbocycles. The molecule has 6 N–H and O–H groups in total. The number of guanidine groups is 1. The molecule has 0 radical (unpaired) electrons. The van der Waals surface area contributed by atoms with Crippen molar-refractivity contribution in [3.63, 3.8) is 0 Å². The first-order valence-electron chi connectivity index (χ1n) is 7.44. The molecule has 142 valence electrons. The summed E-state index contributed by atoms with van der Waals surface area (Å²) in [5, 5.41) is 12.3.